The molecule has 0 N–H and O–H groups in total. The van der Waals surface area contributed by atoms with E-state index in [-0.39, 0.29) is 18.4 Å². The number of carbonyl (C=O) groups is 2. The maximum absolute atomic E-state index is 13.2. The third-order valence-corrected chi connectivity index (χ3v) is 8.63. The second-order valence-electron chi connectivity index (χ2n) is 10.2. The molecule has 0 bridgehead atoms. The molecule has 1 aromatic heterocycles. The number of rotatable bonds is 5. The molecule has 0 spiro atoms. The molecule has 0 atom stereocenters. The van der Waals surface area contributed by atoms with Gasteiger partial charge in [0, 0.05) is 61.6 Å². The second-order valence-corrected chi connectivity index (χ2v) is 11.2. The highest BCUT2D eigenvalue weighted by molar-refractivity contribution is 8.18. The molecule has 0 unspecified atom stereocenters. The zero-order chi connectivity index (χ0) is 26.8. The lowest BCUT2D eigenvalue weighted by Gasteiger charge is -2.28. The number of aliphatic imine (C=N–C) groups is 1. The van der Waals surface area contributed by atoms with Gasteiger partial charge in [-0.15, -0.1) is 0 Å². The Bertz CT molecular complexity index is 1430. The number of morpholine rings is 1. The molecule has 3 saturated heterocycles. The zero-order valence-corrected chi connectivity index (χ0v) is 23.0. The number of hydrogen-bond acceptors (Lipinski definition) is 6. The van der Waals surface area contributed by atoms with Gasteiger partial charge in [-0.3, -0.25) is 14.5 Å². The summed E-state index contributed by atoms with van der Waals surface area (Å²) in [4.78, 5) is 37.4. The number of carbonyl (C=O) groups excluding carboxylic acids is 2. The summed E-state index contributed by atoms with van der Waals surface area (Å²) in [6, 6.07) is 16.3. The average molecular weight is 544 g/mol. The zero-order valence-electron chi connectivity index (χ0n) is 22.2. The lowest BCUT2D eigenvalue weighted by molar-refractivity contribution is -0.135. The Balaban J connectivity index is 1.23. The normalized spacial score (nSPS) is 20.5. The number of nitrogens with zero attached hydrogens (tertiary/aromatic N) is 5. The number of aromatic nitrogens is 1. The summed E-state index contributed by atoms with van der Waals surface area (Å²) in [7, 11) is 1.77. The third-order valence-electron chi connectivity index (χ3n) is 7.57. The maximum atomic E-state index is 13.2. The van der Waals surface area contributed by atoms with Gasteiger partial charge in [0.1, 0.15) is 6.54 Å². The largest absolute Gasteiger partial charge is 0.378 e. The number of para-hydroxylation sites is 1. The van der Waals surface area contributed by atoms with Crippen LogP contribution in [0.1, 0.15) is 24.8 Å². The van der Waals surface area contributed by atoms with Gasteiger partial charge in [0.15, 0.2) is 5.17 Å². The van der Waals surface area contributed by atoms with Crippen LogP contribution in [0.5, 0.6) is 0 Å². The SMILES string of the molecule is CN1C(=O)/C(=C/c2cn(CC(=O)N3CCOCC3)c3ccccc23)SC1=Nc1ccc(N2CCCCC2)cc1. The van der Waals surface area contributed by atoms with E-state index >= 15 is 0 Å². The topological polar surface area (TPSA) is 70.4 Å². The molecular weight excluding hydrogens is 510 g/mol. The van der Waals surface area contributed by atoms with E-state index in [2.05, 4.69) is 17.0 Å². The van der Waals surface area contributed by atoms with Gasteiger partial charge in [-0.2, -0.15) is 0 Å². The van der Waals surface area contributed by atoms with Crippen LogP contribution in [-0.2, 0) is 20.9 Å². The first-order valence-corrected chi connectivity index (χ1v) is 14.4. The Labute approximate surface area is 232 Å². The van der Waals surface area contributed by atoms with E-state index in [0.717, 1.165) is 35.2 Å². The number of fused-ring (bicyclic) bond motifs is 1. The number of amidine groups is 1. The maximum Gasteiger partial charge on any atom is 0.266 e. The summed E-state index contributed by atoms with van der Waals surface area (Å²) in [5.41, 5.74) is 3.94. The van der Waals surface area contributed by atoms with Crippen LogP contribution >= 0.6 is 11.8 Å². The van der Waals surface area contributed by atoms with Crippen LogP contribution in [0.3, 0.4) is 0 Å². The standard InChI is InChI=1S/C30H33N5O3S/c1-32-29(37)27(39-30(32)31-23-9-11-24(12-10-23)33-13-5-2-6-14-33)19-22-20-35(26-8-4-3-7-25(22)26)21-28(36)34-15-17-38-18-16-34/h3-4,7-12,19-20H,2,5-6,13-18,21H2,1H3/b27-19-,31-30?. The van der Waals surface area contributed by atoms with Crippen LogP contribution < -0.4 is 4.90 Å². The monoisotopic (exact) mass is 543 g/mol. The van der Waals surface area contributed by atoms with Crippen molar-refractivity contribution >= 4 is 57.1 Å². The van der Waals surface area contributed by atoms with E-state index in [4.69, 9.17) is 9.73 Å². The van der Waals surface area contributed by atoms with Crippen molar-refractivity contribution in [2.75, 3.05) is 51.3 Å². The summed E-state index contributed by atoms with van der Waals surface area (Å²) in [6.07, 6.45) is 7.68. The molecule has 0 radical (unpaired) electrons. The highest BCUT2D eigenvalue weighted by Crippen LogP contribution is 2.35. The van der Waals surface area contributed by atoms with Gasteiger partial charge in [0.2, 0.25) is 5.91 Å². The summed E-state index contributed by atoms with van der Waals surface area (Å²) >= 11 is 1.38. The molecule has 202 valence electrons. The molecule has 2 aromatic carbocycles. The summed E-state index contributed by atoms with van der Waals surface area (Å²) in [5.74, 6) is -0.00468. The van der Waals surface area contributed by atoms with Crippen LogP contribution in [0.4, 0.5) is 11.4 Å². The van der Waals surface area contributed by atoms with Crippen molar-refractivity contribution in [2.24, 2.45) is 4.99 Å². The fourth-order valence-corrected chi connectivity index (χ4v) is 6.35. The predicted octanol–water partition coefficient (Wildman–Crippen LogP) is 4.72. The third kappa shape index (κ3) is 5.46. The fraction of sp³-hybridized carbons (Fsp3) is 0.367. The van der Waals surface area contributed by atoms with Gasteiger partial charge in [0.25, 0.3) is 5.91 Å². The van der Waals surface area contributed by atoms with Crippen molar-refractivity contribution < 1.29 is 14.3 Å². The number of benzene rings is 2. The molecule has 3 fully saturated rings. The molecule has 8 nitrogen and oxygen atoms in total. The molecule has 3 aromatic rings. The van der Waals surface area contributed by atoms with Gasteiger partial charge in [0.05, 0.1) is 23.8 Å². The molecule has 3 aliphatic rings. The van der Waals surface area contributed by atoms with Crippen LogP contribution in [0.25, 0.3) is 17.0 Å². The van der Waals surface area contributed by atoms with Crippen molar-refractivity contribution in [3.63, 3.8) is 0 Å². The summed E-state index contributed by atoms with van der Waals surface area (Å²) < 4.78 is 7.36. The lowest BCUT2D eigenvalue weighted by Crippen LogP contribution is -2.42. The summed E-state index contributed by atoms with van der Waals surface area (Å²) in [5, 5.41) is 1.66. The first-order chi connectivity index (χ1) is 19.1. The number of anilines is 1. The minimum atomic E-state index is -0.0788. The van der Waals surface area contributed by atoms with E-state index in [1.807, 2.05) is 58.1 Å². The van der Waals surface area contributed by atoms with E-state index in [1.54, 1.807) is 11.9 Å². The Morgan fingerprint density at radius 2 is 1.74 bits per heavy atom. The van der Waals surface area contributed by atoms with Crippen LogP contribution in [0, 0.1) is 0 Å². The van der Waals surface area contributed by atoms with Crippen molar-refractivity contribution in [1.82, 2.24) is 14.4 Å². The molecule has 4 heterocycles. The Hall–Kier alpha value is -3.56. The molecule has 39 heavy (non-hydrogen) atoms. The van der Waals surface area contributed by atoms with Crippen molar-refractivity contribution in [3.05, 3.63) is 65.2 Å². The van der Waals surface area contributed by atoms with Crippen molar-refractivity contribution in [2.45, 2.75) is 25.8 Å². The van der Waals surface area contributed by atoms with Gasteiger partial charge in [-0.1, -0.05) is 18.2 Å². The minimum Gasteiger partial charge on any atom is -0.378 e. The van der Waals surface area contributed by atoms with Crippen LogP contribution in [0.2, 0.25) is 0 Å². The first-order valence-electron chi connectivity index (χ1n) is 13.6. The van der Waals surface area contributed by atoms with Crippen molar-refractivity contribution in [3.8, 4) is 0 Å². The number of piperidine rings is 1. The molecule has 3 aliphatic heterocycles. The van der Waals surface area contributed by atoms with E-state index in [0.29, 0.717) is 36.4 Å². The molecular formula is C30H33N5O3S. The van der Waals surface area contributed by atoms with E-state index < -0.39 is 0 Å². The van der Waals surface area contributed by atoms with E-state index in [9.17, 15) is 9.59 Å². The number of ether oxygens (including phenoxy) is 1. The number of hydrogen-bond donors (Lipinski definition) is 0. The smallest absolute Gasteiger partial charge is 0.266 e. The summed E-state index contributed by atoms with van der Waals surface area (Å²) in [6.45, 7) is 4.86. The molecule has 0 aliphatic carbocycles. The fourth-order valence-electron chi connectivity index (χ4n) is 5.37. The van der Waals surface area contributed by atoms with Gasteiger partial charge in [-0.25, -0.2) is 4.99 Å². The highest BCUT2D eigenvalue weighted by Gasteiger charge is 2.31. The molecule has 6 rings (SSSR count). The first kappa shape index (κ1) is 25.7. The van der Waals surface area contributed by atoms with Crippen LogP contribution in [-0.4, -0.2) is 77.8 Å². The quantitative estimate of drug-likeness (QED) is 0.436. The number of thioether (sulfide) groups is 1. The van der Waals surface area contributed by atoms with Gasteiger partial charge in [-0.05, 0) is 67.4 Å². The molecule has 0 saturated carbocycles. The predicted molar refractivity (Wildman–Crippen MR) is 157 cm³/mol. The number of likely N-dealkylation sites (N-methyl/N-ethyl adjacent to an activating group) is 1. The molecule has 9 heteroatoms. The van der Waals surface area contributed by atoms with Gasteiger partial charge >= 0.3 is 0 Å². The lowest BCUT2D eigenvalue weighted by atomic mass is 10.1. The molecule has 2 amide bonds. The Morgan fingerprint density at radius 1 is 1.00 bits per heavy atom. The number of amides is 2. The Morgan fingerprint density at radius 3 is 2.51 bits per heavy atom. The minimum absolute atomic E-state index is 0.0741. The van der Waals surface area contributed by atoms with E-state index in [1.165, 1.54) is 36.7 Å². The highest BCUT2D eigenvalue weighted by atomic mass is 32.2. The van der Waals surface area contributed by atoms with Gasteiger partial charge < -0.3 is 19.1 Å². The Kier molecular flexibility index (Phi) is 7.43. The average Bonchev–Trinajstić information content (AvgIpc) is 3.46. The van der Waals surface area contributed by atoms with Crippen molar-refractivity contribution in [1.29, 1.82) is 0 Å². The second kappa shape index (κ2) is 11.3. The van der Waals surface area contributed by atoms with Crippen LogP contribution in [0.15, 0.2) is 64.6 Å².